The van der Waals surface area contributed by atoms with E-state index in [4.69, 9.17) is 4.74 Å². The second-order valence-electron chi connectivity index (χ2n) is 5.81. The minimum atomic E-state index is 0.787. The van der Waals surface area contributed by atoms with E-state index < -0.39 is 0 Å². The van der Waals surface area contributed by atoms with Crippen LogP contribution in [0.3, 0.4) is 0 Å². The largest absolute Gasteiger partial charge is 0.495 e. The number of nitrogens with zero attached hydrogens (tertiary/aromatic N) is 4. The Kier molecular flexibility index (Phi) is 4.62. The summed E-state index contributed by atoms with van der Waals surface area (Å²) in [5.41, 5.74) is 1.85. The molecule has 6 heteroatoms. The molecule has 122 valence electrons. The SMILES string of the molecule is COc1ccccc1Nc1cc(C)nc(N2CCN(C)CC2)n1. The van der Waals surface area contributed by atoms with Gasteiger partial charge in [-0.2, -0.15) is 4.98 Å². The second kappa shape index (κ2) is 6.83. The smallest absolute Gasteiger partial charge is 0.227 e. The molecule has 1 fully saturated rings. The van der Waals surface area contributed by atoms with Crippen molar-refractivity contribution in [1.82, 2.24) is 14.9 Å². The number of rotatable bonds is 4. The number of methoxy groups -OCH3 is 1. The van der Waals surface area contributed by atoms with Crippen LogP contribution in [0.5, 0.6) is 5.75 Å². The van der Waals surface area contributed by atoms with Crippen molar-refractivity contribution in [2.45, 2.75) is 6.92 Å². The zero-order valence-corrected chi connectivity index (χ0v) is 13.9. The van der Waals surface area contributed by atoms with Gasteiger partial charge in [-0.25, -0.2) is 4.98 Å². The van der Waals surface area contributed by atoms with Crippen LogP contribution in [0.4, 0.5) is 17.5 Å². The zero-order chi connectivity index (χ0) is 16.2. The van der Waals surface area contributed by atoms with Gasteiger partial charge in [-0.1, -0.05) is 12.1 Å². The van der Waals surface area contributed by atoms with Crippen molar-refractivity contribution in [1.29, 1.82) is 0 Å². The lowest BCUT2D eigenvalue weighted by molar-refractivity contribution is 0.311. The van der Waals surface area contributed by atoms with Crippen LogP contribution in [0.15, 0.2) is 30.3 Å². The number of piperazine rings is 1. The molecule has 6 nitrogen and oxygen atoms in total. The van der Waals surface area contributed by atoms with Gasteiger partial charge in [0.15, 0.2) is 0 Å². The van der Waals surface area contributed by atoms with E-state index in [-0.39, 0.29) is 0 Å². The highest BCUT2D eigenvalue weighted by Crippen LogP contribution is 2.27. The molecule has 2 heterocycles. The summed E-state index contributed by atoms with van der Waals surface area (Å²) in [6.07, 6.45) is 0. The van der Waals surface area contributed by atoms with Gasteiger partial charge in [0.1, 0.15) is 11.6 Å². The summed E-state index contributed by atoms with van der Waals surface area (Å²) in [5.74, 6) is 2.37. The van der Waals surface area contributed by atoms with Crippen LogP contribution in [-0.2, 0) is 0 Å². The molecule has 0 unspecified atom stereocenters. The van der Waals surface area contributed by atoms with Crippen LogP contribution in [0.25, 0.3) is 0 Å². The van der Waals surface area contributed by atoms with Crippen LogP contribution in [0.2, 0.25) is 0 Å². The van der Waals surface area contributed by atoms with Crippen molar-refractivity contribution in [2.24, 2.45) is 0 Å². The molecule has 1 aliphatic heterocycles. The first-order valence-corrected chi connectivity index (χ1v) is 7.85. The molecule has 1 aromatic heterocycles. The predicted molar refractivity (Wildman–Crippen MR) is 92.8 cm³/mol. The normalized spacial score (nSPS) is 15.5. The molecule has 0 spiro atoms. The number of aryl methyl sites for hydroxylation is 1. The van der Waals surface area contributed by atoms with Crippen molar-refractivity contribution in [3.05, 3.63) is 36.0 Å². The number of anilines is 3. The third-order valence-electron chi connectivity index (χ3n) is 4.00. The van der Waals surface area contributed by atoms with E-state index in [9.17, 15) is 0 Å². The molecule has 0 saturated carbocycles. The number of hydrogen-bond acceptors (Lipinski definition) is 6. The molecule has 3 rings (SSSR count). The van der Waals surface area contributed by atoms with Gasteiger partial charge in [0.2, 0.25) is 5.95 Å². The Hall–Kier alpha value is -2.34. The Morgan fingerprint density at radius 1 is 1.09 bits per heavy atom. The Morgan fingerprint density at radius 3 is 2.57 bits per heavy atom. The number of para-hydroxylation sites is 2. The van der Waals surface area contributed by atoms with Gasteiger partial charge in [0.25, 0.3) is 0 Å². The Morgan fingerprint density at radius 2 is 1.83 bits per heavy atom. The van der Waals surface area contributed by atoms with E-state index in [1.54, 1.807) is 7.11 Å². The summed E-state index contributed by atoms with van der Waals surface area (Å²) in [5, 5.41) is 3.34. The van der Waals surface area contributed by atoms with E-state index >= 15 is 0 Å². The lowest BCUT2D eigenvalue weighted by Gasteiger charge is -2.32. The summed E-state index contributed by atoms with van der Waals surface area (Å²) >= 11 is 0. The molecular weight excluding hydrogens is 290 g/mol. The summed E-state index contributed by atoms with van der Waals surface area (Å²) in [7, 11) is 3.81. The van der Waals surface area contributed by atoms with E-state index in [1.807, 2.05) is 37.3 Å². The summed E-state index contributed by atoms with van der Waals surface area (Å²) in [6.45, 7) is 5.97. The van der Waals surface area contributed by atoms with Crippen LogP contribution < -0.4 is 15.0 Å². The molecule has 23 heavy (non-hydrogen) atoms. The fourth-order valence-electron chi connectivity index (χ4n) is 2.65. The summed E-state index contributed by atoms with van der Waals surface area (Å²) < 4.78 is 5.38. The van der Waals surface area contributed by atoms with E-state index in [2.05, 4.69) is 32.1 Å². The maximum absolute atomic E-state index is 5.38. The lowest BCUT2D eigenvalue weighted by Crippen LogP contribution is -2.45. The van der Waals surface area contributed by atoms with Gasteiger partial charge in [0, 0.05) is 37.9 Å². The molecule has 2 aromatic rings. The van der Waals surface area contributed by atoms with Gasteiger partial charge < -0.3 is 19.9 Å². The number of benzene rings is 1. The zero-order valence-electron chi connectivity index (χ0n) is 13.9. The van der Waals surface area contributed by atoms with Gasteiger partial charge in [-0.05, 0) is 26.1 Å². The minimum absolute atomic E-state index is 0.787. The molecule has 0 amide bonds. The van der Waals surface area contributed by atoms with Gasteiger partial charge >= 0.3 is 0 Å². The van der Waals surface area contributed by atoms with Crippen molar-refractivity contribution < 1.29 is 4.74 Å². The van der Waals surface area contributed by atoms with Crippen molar-refractivity contribution >= 4 is 17.5 Å². The molecule has 1 aromatic carbocycles. The number of ether oxygens (including phenoxy) is 1. The van der Waals surface area contributed by atoms with E-state index in [0.717, 1.165) is 55.1 Å². The fraction of sp³-hybridized carbons (Fsp3) is 0.412. The van der Waals surface area contributed by atoms with Crippen LogP contribution in [-0.4, -0.2) is 55.2 Å². The Bertz CT molecular complexity index is 668. The maximum Gasteiger partial charge on any atom is 0.227 e. The second-order valence-corrected chi connectivity index (χ2v) is 5.81. The monoisotopic (exact) mass is 313 g/mol. The molecule has 0 atom stereocenters. The third-order valence-corrected chi connectivity index (χ3v) is 4.00. The standard InChI is InChI=1S/C17H23N5O/c1-13-12-16(19-14-6-4-5-7-15(14)23-3)20-17(18-13)22-10-8-21(2)9-11-22/h4-7,12H,8-11H2,1-3H3,(H,18,19,20). The Balaban J connectivity index is 1.83. The molecular formula is C17H23N5O. The van der Waals surface area contributed by atoms with E-state index in [1.165, 1.54) is 0 Å². The quantitative estimate of drug-likeness (QED) is 0.935. The average Bonchev–Trinajstić information content (AvgIpc) is 2.55. The summed E-state index contributed by atoms with van der Waals surface area (Å²) in [6, 6.07) is 9.78. The van der Waals surface area contributed by atoms with Gasteiger partial charge in [-0.15, -0.1) is 0 Å². The average molecular weight is 313 g/mol. The summed E-state index contributed by atoms with van der Waals surface area (Å²) in [4.78, 5) is 13.8. The van der Waals surface area contributed by atoms with Crippen LogP contribution in [0.1, 0.15) is 5.69 Å². The first-order valence-electron chi connectivity index (χ1n) is 7.85. The van der Waals surface area contributed by atoms with Crippen molar-refractivity contribution in [2.75, 3.05) is 50.6 Å². The predicted octanol–water partition coefficient (Wildman–Crippen LogP) is 2.29. The highest BCUT2D eigenvalue weighted by Gasteiger charge is 2.17. The number of nitrogens with one attached hydrogen (secondary N) is 1. The highest BCUT2D eigenvalue weighted by molar-refractivity contribution is 5.64. The lowest BCUT2D eigenvalue weighted by atomic mass is 10.3. The van der Waals surface area contributed by atoms with Crippen LogP contribution in [0, 0.1) is 6.92 Å². The first kappa shape index (κ1) is 15.6. The molecule has 0 radical (unpaired) electrons. The maximum atomic E-state index is 5.38. The fourth-order valence-corrected chi connectivity index (χ4v) is 2.65. The van der Waals surface area contributed by atoms with Crippen LogP contribution >= 0.6 is 0 Å². The molecule has 1 aliphatic rings. The first-order chi connectivity index (χ1) is 11.2. The molecule has 1 N–H and O–H groups in total. The van der Waals surface area contributed by atoms with E-state index in [0.29, 0.717) is 0 Å². The topological polar surface area (TPSA) is 53.5 Å². The molecule has 0 aliphatic carbocycles. The van der Waals surface area contributed by atoms with Gasteiger partial charge in [-0.3, -0.25) is 0 Å². The Labute approximate surface area is 137 Å². The molecule has 1 saturated heterocycles. The van der Waals surface area contributed by atoms with Crippen molar-refractivity contribution in [3.63, 3.8) is 0 Å². The number of likely N-dealkylation sites (N-methyl/N-ethyl adjacent to an activating group) is 1. The van der Waals surface area contributed by atoms with Gasteiger partial charge in [0.05, 0.1) is 12.8 Å². The highest BCUT2D eigenvalue weighted by atomic mass is 16.5. The number of aromatic nitrogens is 2. The molecule has 0 bridgehead atoms. The number of hydrogen-bond donors (Lipinski definition) is 1. The van der Waals surface area contributed by atoms with Crippen molar-refractivity contribution in [3.8, 4) is 5.75 Å². The minimum Gasteiger partial charge on any atom is -0.495 e. The third kappa shape index (κ3) is 3.71.